The minimum atomic E-state index is 0.741. The number of hydrogen-bond donors (Lipinski definition) is 1. The van der Waals surface area contributed by atoms with Gasteiger partial charge >= 0.3 is 0 Å². The lowest BCUT2D eigenvalue weighted by molar-refractivity contribution is 0.200. The van der Waals surface area contributed by atoms with Crippen LogP contribution in [0.4, 0.5) is 0 Å². The first-order valence-electron chi connectivity index (χ1n) is 7.13. The van der Waals surface area contributed by atoms with E-state index in [2.05, 4.69) is 30.4 Å². The molecule has 0 saturated carbocycles. The van der Waals surface area contributed by atoms with Gasteiger partial charge in [0.05, 0.1) is 6.61 Å². The Balaban J connectivity index is 2.18. The molecule has 0 aliphatic heterocycles. The summed E-state index contributed by atoms with van der Waals surface area (Å²) in [7, 11) is 1.72. The molecule has 1 aromatic carbocycles. The summed E-state index contributed by atoms with van der Waals surface area (Å²) in [5, 5.41) is 4.58. The fraction of sp³-hybridized carbons (Fsp3) is 0.412. The third-order valence-corrected chi connectivity index (χ3v) is 3.46. The summed E-state index contributed by atoms with van der Waals surface area (Å²) in [5.74, 6) is 0.981. The van der Waals surface area contributed by atoms with Gasteiger partial charge in [0.25, 0.3) is 0 Å². The predicted molar refractivity (Wildman–Crippen MR) is 84.0 cm³/mol. The topological polar surface area (TPSA) is 34.4 Å². The van der Waals surface area contributed by atoms with Crippen molar-refractivity contribution in [3.05, 3.63) is 41.2 Å². The van der Waals surface area contributed by atoms with Gasteiger partial charge < -0.3 is 14.5 Å². The van der Waals surface area contributed by atoms with Crippen LogP contribution in [-0.2, 0) is 4.74 Å². The van der Waals surface area contributed by atoms with Crippen molar-refractivity contribution in [2.24, 2.45) is 0 Å². The molecular formula is C17H23NO2. The first kappa shape index (κ1) is 14.8. The van der Waals surface area contributed by atoms with E-state index in [0.29, 0.717) is 0 Å². The fourth-order valence-corrected chi connectivity index (χ4v) is 2.27. The van der Waals surface area contributed by atoms with Crippen LogP contribution in [0.5, 0.6) is 0 Å². The lowest BCUT2D eigenvalue weighted by atomic mass is 10.1. The van der Waals surface area contributed by atoms with E-state index < -0.39 is 0 Å². The highest BCUT2D eigenvalue weighted by Crippen LogP contribution is 2.27. The zero-order valence-electron chi connectivity index (χ0n) is 12.5. The van der Waals surface area contributed by atoms with Gasteiger partial charge in [-0.25, -0.2) is 0 Å². The Labute approximate surface area is 120 Å². The number of benzene rings is 1. The van der Waals surface area contributed by atoms with Gasteiger partial charge in [0.15, 0.2) is 0 Å². The van der Waals surface area contributed by atoms with E-state index >= 15 is 0 Å². The summed E-state index contributed by atoms with van der Waals surface area (Å²) in [4.78, 5) is 0. The van der Waals surface area contributed by atoms with Crippen molar-refractivity contribution in [3.8, 4) is 0 Å². The summed E-state index contributed by atoms with van der Waals surface area (Å²) < 4.78 is 10.8. The summed E-state index contributed by atoms with van der Waals surface area (Å²) in [5.41, 5.74) is 3.53. The smallest absolute Gasteiger partial charge is 0.134 e. The van der Waals surface area contributed by atoms with Crippen molar-refractivity contribution in [1.29, 1.82) is 0 Å². The first-order valence-corrected chi connectivity index (χ1v) is 7.13. The quantitative estimate of drug-likeness (QED) is 0.780. The Morgan fingerprint density at radius 1 is 1.35 bits per heavy atom. The number of hydrogen-bond acceptors (Lipinski definition) is 3. The van der Waals surface area contributed by atoms with Crippen LogP contribution >= 0.6 is 0 Å². The van der Waals surface area contributed by atoms with Crippen LogP contribution in [0, 0.1) is 6.92 Å². The maximum absolute atomic E-state index is 5.80. The monoisotopic (exact) mass is 273 g/mol. The van der Waals surface area contributed by atoms with Gasteiger partial charge in [0, 0.05) is 31.1 Å². The molecule has 20 heavy (non-hydrogen) atoms. The van der Waals surface area contributed by atoms with Gasteiger partial charge in [-0.3, -0.25) is 0 Å². The minimum Gasteiger partial charge on any atom is -0.461 e. The van der Waals surface area contributed by atoms with E-state index in [1.165, 1.54) is 16.5 Å². The van der Waals surface area contributed by atoms with Crippen LogP contribution in [0.1, 0.15) is 24.7 Å². The molecule has 0 aliphatic carbocycles. The van der Waals surface area contributed by atoms with Crippen LogP contribution in [0.3, 0.4) is 0 Å². The normalized spacial score (nSPS) is 12.2. The van der Waals surface area contributed by atoms with E-state index in [1.807, 2.05) is 19.1 Å². The van der Waals surface area contributed by atoms with E-state index in [-0.39, 0.29) is 0 Å². The molecule has 0 fully saturated rings. The lowest BCUT2D eigenvalue weighted by Gasteiger charge is -2.07. The molecule has 0 unspecified atom stereocenters. The van der Waals surface area contributed by atoms with Crippen molar-refractivity contribution >= 4 is 17.0 Å². The molecule has 0 aliphatic rings. The minimum absolute atomic E-state index is 0.741. The molecule has 0 atom stereocenters. The molecule has 3 heteroatoms. The number of fused-ring (bicyclic) bond motifs is 1. The molecule has 0 radical (unpaired) electrons. The number of nitrogens with one attached hydrogen (secondary N) is 1. The SMILES string of the molecule is CC/C(=C/c1c(C)oc2ccccc12)CNCCOC. The number of rotatable bonds is 7. The van der Waals surface area contributed by atoms with E-state index in [9.17, 15) is 0 Å². The van der Waals surface area contributed by atoms with E-state index in [4.69, 9.17) is 9.15 Å². The zero-order valence-corrected chi connectivity index (χ0v) is 12.5. The van der Waals surface area contributed by atoms with Gasteiger partial charge in [-0.15, -0.1) is 0 Å². The number of methoxy groups -OCH3 is 1. The highest BCUT2D eigenvalue weighted by atomic mass is 16.5. The number of para-hydroxylation sites is 1. The third kappa shape index (κ3) is 3.50. The first-order chi connectivity index (χ1) is 9.76. The van der Waals surface area contributed by atoms with E-state index in [1.54, 1.807) is 7.11 Å². The summed E-state index contributed by atoms with van der Waals surface area (Å²) >= 11 is 0. The Kier molecular flexibility index (Phi) is 5.39. The molecule has 2 rings (SSSR count). The molecule has 0 spiro atoms. The second-order valence-electron chi connectivity index (χ2n) is 4.89. The summed E-state index contributed by atoms with van der Waals surface area (Å²) in [6.07, 6.45) is 3.28. The maximum Gasteiger partial charge on any atom is 0.134 e. The Morgan fingerprint density at radius 2 is 2.15 bits per heavy atom. The standard InChI is InChI=1S/C17H23NO2/c1-4-14(12-18-9-10-19-3)11-16-13(2)20-17-8-6-5-7-15(16)17/h5-8,11,18H,4,9-10,12H2,1-3H3/b14-11-. The van der Waals surface area contributed by atoms with Crippen LogP contribution in [0.25, 0.3) is 17.0 Å². The zero-order chi connectivity index (χ0) is 14.4. The molecule has 0 bridgehead atoms. The molecular weight excluding hydrogens is 250 g/mol. The largest absolute Gasteiger partial charge is 0.461 e. The molecule has 3 nitrogen and oxygen atoms in total. The van der Waals surface area contributed by atoms with Crippen molar-refractivity contribution in [2.75, 3.05) is 26.8 Å². The second-order valence-corrected chi connectivity index (χ2v) is 4.89. The predicted octanol–water partition coefficient (Wildman–Crippen LogP) is 3.77. The van der Waals surface area contributed by atoms with Gasteiger partial charge in [-0.05, 0) is 19.4 Å². The van der Waals surface area contributed by atoms with Crippen LogP contribution in [0.15, 0.2) is 34.3 Å². The molecule has 1 heterocycles. The van der Waals surface area contributed by atoms with Gasteiger partial charge in [0.1, 0.15) is 11.3 Å². The average Bonchev–Trinajstić information content (AvgIpc) is 2.78. The van der Waals surface area contributed by atoms with Crippen LogP contribution in [-0.4, -0.2) is 26.8 Å². The molecule has 2 aromatic rings. The molecule has 1 aromatic heterocycles. The Morgan fingerprint density at radius 3 is 2.90 bits per heavy atom. The van der Waals surface area contributed by atoms with E-state index in [0.717, 1.165) is 37.5 Å². The van der Waals surface area contributed by atoms with Gasteiger partial charge in [-0.1, -0.05) is 36.8 Å². The maximum atomic E-state index is 5.80. The van der Waals surface area contributed by atoms with Crippen molar-refractivity contribution in [1.82, 2.24) is 5.32 Å². The Bertz CT molecular complexity index is 584. The molecule has 0 saturated heterocycles. The summed E-state index contributed by atoms with van der Waals surface area (Å²) in [6, 6.07) is 8.19. The van der Waals surface area contributed by atoms with Crippen molar-refractivity contribution < 1.29 is 9.15 Å². The highest BCUT2D eigenvalue weighted by Gasteiger charge is 2.08. The molecule has 0 amide bonds. The molecule has 108 valence electrons. The van der Waals surface area contributed by atoms with Crippen LogP contribution in [0.2, 0.25) is 0 Å². The number of furan rings is 1. The third-order valence-electron chi connectivity index (χ3n) is 3.46. The number of ether oxygens (including phenoxy) is 1. The second kappa shape index (κ2) is 7.27. The summed E-state index contributed by atoms with van der Waals surface area (Å²) in [6.45, 7) is 6.71. The van der Waals surface area contributed by atoms with Crippen LogP contribution < -0.4 is 5.32 Å². The van der Waals surface area contributed by atoms with Crippen molar-refractivity contribution in [3.63, 3.8) is 0 Å². The lowest BCUT2D eigenvalue weighted by Crippen LogP contribution is -2.21. The molecule has 1 N–H and O–H groups in total. The van der Waals surface area contributed by atoms with Gasteiger partial charge in [0.2, 0.25) is 0 Å². The Hall–Kier alpha value is -1.58. The van der Waals surface area contributed by atoms with Crippen molar-refractivity contribution in [2.45, 2.75) is 20.3 Å². The average molecular weight is 273 g/mol. The fourth-order valence-electron chi connectivity index (χ4n) is 2.27. The number of aryl methyl sites for hydroxylation is 1. The van der Waals surface area contributed by atoms with Gasteiger partial charge in [-0.2, -0.15) is 0 Å². The highest BCUT2D eigenvalue weighted by molar-refractivity contribution is 5.88.